The molecule has 0 aliphatic carbocycles. The summed E-state index contributed by atoms with van der Waals surface area (Å²) in [5.41, 5.74) is 1.66. The third kappa shape index (κ3) is 4.10. The number of nitrogens with one attached hydrogen (secondary N) is 1. The largest absolute Gasteiger partial charge is 0.310 e. The van der Waals surface area contributed by atoms with Gasteiger partial charge in [0.2, 0.25) is 0 Å². The summed E-state index contributed by atoms with van der Waals surface area (Å²) < 4.78 is 13.6. The molecule has 2 aromatic rings. The van der Waals surface area contributed by atoms with Gasteiger partial charge in [-0.25, -0.2) is 4.39 Å². The van der Waals surface area contributed by atoms with Gasteiger partial charge in [0.25, 0.3) is 0 Å². The lowest BCUT2D eigenvalue weighted by Gasteiger charge is -2.20. The molecular formula is C16H15Cl3FN. The Kier molecular flexibility index (Phi) is 5.88. The van der Waals surface area contributed by atoms with Crippen molar-refractivity contribution >= 4 is 34.8 Å². The lowest BCUT2D eigenvalue weighted by Crippen LogP contribution is -2.23. The fourth-order valence-corrected chi connectivity index (χ4v) is 2.98. The van der Waals surface area contributed by atoms with Crippen molar-refractivity contribution in [3.05, 3.63) is 68.4 Å². The van der Waals surface area contributed by atoms with Crippen molar-refractivity contribution in [3.63, 3.8) is 0 Å². The highest BCUT2D eigenvalue weighted by Crippen LogP contribution is 2.30. The topological polar surface area (TPSA) is 12.0 Å². The second-order valence-corrected chi connectivity index (χ2v) is 5.91. The highest BCUT2D eigenvalue weighted by molar-refractivity contribution is 6.35. The standard InChI is InChI=1S/C16H15Cl3FN/c1-2-21-15(12-4-3-5-14(20)16(12)19)8-10-6-7-11(17)9-13(10)18/h3-7,9,15,21H,2,8H2,1H3. The molecule has 0 amide bonds. The van der Waals surface area contributed by atoms with E-state index >= 15 is 0 Å². The average Bonchev–Trinajstić information content (AvgIpc) is 2.44. The predicted octanol–water partition coefficient (Wildman–Crippen LogP) is 5.68. The average molecular weight is 347 g/mol. The Bertz CT molecular complexity index is 631. The molecule has 1 atom stereocenters. The molecular weight excluding hydrogens is 332 g/mol. The van der Waals surface area contributed by atoms with Crippen molar-refractivity contribution in [3.8, 4) is 0 Å². The fraction of sp³-hybridized carbons (Fsp3) is 0.250. The van der Waals surface area contributed by atoms with E-state index in [4.69, 9.17) is 34.8 Å². The van der Waals surface area contributed by atoms with Crippen molar-refractivity contribution in [2.75, 3.05) is 6.54 Å². The molecule has 1 nitrogen and oxygen atoms in total. The van der Waals surface area contributed by atoms with E-state index in [9.17, 15) is 4.39 Å². The van der Waals surface area contributed by atoms with Gasteiger partial charge in [0.1, 0.15) is 5.82 Å². The minimum atomic E-state index is -0.417. The second kappa shape index (κ2) is 7.46. The van der Waals surface area contributed by atoms with Crippen LogP contribution in [0, 0.1) is 5.82 Å². The Balaban J connectivity index is 2.33. The summed E-state index contributed by atoms with van der Waals surface area (Å²) in [5.74, 6) is -0.417. The van der Waals surface area contributed by atoms with E-state index in [-0.39, 0.29) is 11.1 Å². The molecule has 1 unspecified atom stereocenters. The normalized spacial score (nSPS) is 12.4. The zero-order valence-electron chi connectivity index (χ0n) is 11.5. The number of halogens is 4. The van der Waals surface area contributed by atoms with Gasteiger partial charge in [-0.05, 0) is 42.3 Å². The van der Waals surface area contributed by atoms with Crippen molar-refractivity contribution in [2.45, 2.75) is 19.4 Å². The van der Waals surface area contributed by atoms with Crippen LogP contribution in [0.15, 0.2) is 36.4 Å². The van der Waals surface area contributed by atoms with Crippen LogP contribution < -0.4 is 5.32 Å². The Morgan fingerprint density at radius 1 is 1.14 bits per heavy atom. The molecule has 0 aromatic heterocycles. The summed E-state index contributed by atoms with van der Waals surface area (Å²) in [6, 6.07) is 10.1. The summed E-state index contributed by atoms with van der Waals surface area (Å²) in [6.45, 7) is 2.73. The van der Waals surface area contributed by atoms with Crippen molar-refractivity contribution in [1.82, 2.24) is 5.32 Å². The fourth-order valence-electron chi connectivity index (χ4n) is 2.24. The van der Waals surface area contributed by atoms with E-state index < -0.39 is 5.82 Å². The summed E-state index contributed by atoms with van der Waals surface area (Å²) >= 11 is 18.2. The molecule has 5 heteroatoms. The third-order valence-electron chi connectivity index (χ3n) is 3.25. The lowest BCUT2D eigenvalue weighted by molar-refractivity contribution is 0.543. The van der Waals surface area contributed by atoms with Crippen LogP contribution >= 0.6 is 34.8 Å². The molecule has 2 aromatic carbocycles. The molecule has 0 saturated heterocycles. The minimum Gasteiger partial charge on any atom is -0.310 e. The molecule has 0 heterocycles. The first-order chi connectivity index (χ1) is 10.0. The van der Waals surface area contributed by atoms with E-state index in [0.717, 1.165) is 17.7 Å². The highest BCUT2D eigenvalue weighted by atomic mass is 35.5. The maximum absolute atomic E-state index is 13.6. The Morgan fingerprint density at radius 2 is 1.90 bits per heavy atom. The van der Waals surface area contributed by atoms with Gasteiger partial charge in [-0.1, -0.05) is 59.9 Å². The maximum atomic E-state index is 13.6. The van der Waals surface area contributed by atoms with Crippen LogP contribution in [0.2, 0.25) is 15.1 Å². The van der Waals surface area contributed by atoms with Gasteiger partial charge in [0.05, 0.1) is 5.02 Å². The SMILES string of the molecule is CCNC(Cc1ccc(Cl)cc1Cl)c1cccc(F)c1Cl. The first kappa shape index (κ1) is 16.6. The summed E-state index contributed by atoms with van der Waals surface area (Å²) in [6.07, 6.45) is 0.604. The molecule has 112 valence electrons. The van der Waals surface area contributed by atoms with Crippen LogP contribution in [0.4, 0.5) is 4.39 Å². The van der Waals surface area contributed by atoms with E-state index in [1.165, 1.54) is 6.07 Å². The molecule has 0 saturated carbocycles. The summed E-state index contributed by atoms with van der Waals surface area (Å²) in [4.78, 5) is 0. The van der Waals surface area contributed by atoms with Gasteiger partial charge in [-0.3, -0.25) is 0 Å². The van der Waals surface area contributed by atoms with Gasteiger partial charge in [0, 0.05) is 16.1 Å². The number of benzene rings is 2. The van der Waals surface area contributed by atoms with E-state index in [1.54, 1.807) is 18.2 Å². The molecule has 2 rings (SSSR count). The van der Waals surface area contributed by atoms with E-state index in [2.05, 4.69) is 5.32 Å². The monoisotopic (exact) mass is 345 g/mol. The molecule has 0 aliphatic rings. The number of hydrogen-bond donors (Lipinski definition) is 1. The van der Waals surface area contributed by atoms with Crippen molar-refractivity contribution in [2.24, 2.45) is 0 Å². The Hall–Kier alpha value is -0.800. The maximum Gasteiger partial charge on any atom is 0.142 e. The summed E-state index contributed by atoms with van der Waals surface area (Å²) in [7, 11) is 0. The van der Waals surface area contributed by atoms with E-state index in [0.29, 0.717) is 16.5 Å². The highest BCUT2D eigenvalue weighted by Gasteiger charge is 2.18. The molecule has 0 aliphatic heterocycles. The predicted molar refractivity (Wildman–Crippen MR) is 88.0 cm³/mol. The van der Waals surface area contributed by atoms with Crippen molar-refractivity contribution in [1.29, 1.82) is 0 Å². The van der Waals surface area contributed by atoms with Crippen LogP contribution in [-0.2, 0) is 6.42 Å². The van der Waals surface area contributed by atoms with Crippen LogP contribution in [0.25, 0.3) is 0 Å². The zero-order chi connectivity index (χ0) is 15.4. The van der Waals surface area contributed by atoms with Crippen LogP contribution in [0.5, 0.6) is 0 Å². The van der Waals surface area contributed by atoms with Gasteiger partial charge in [-0.2, -0.15) is 0 Å². The van der Waals surface area contributed by atoms with Crippen LogP contribution in [-0.4, -0.2) is 6.54 Å². The molecule has 0 spiro atoms. The first-order valence-corrected chi connectivity index (χ1v) is 7.77. The van der Waals surface area contributed by atoms with Gasteiger partial charge < -0.3 is 5.32 Å². The first-order valence-electron chi connectivity index (χ1n) is 6.64. The number of hydrogen-bond acceptors (Lipinski definition) is 1. The third-order valence-corrected chi connectivity index (χ3v) is 4.23. The molecule has 0 radical (unpaired) electrons. The zero-order valence-corrected chi connectivity index (χ0v) is 13.7. The minimum absolute atomic E-state index is 0.114. The van der Waals surface area contributed by atoms with Crippen molar-refractivity contribution < 1.29 is 4.39 Å². The lowest BCUT2D eigenvalue weighted by atomic mass is 9.98. The van der Waals surface area contributed by atoms with Gasteiger partial charge >= 0.3 is 0 Å². The van der Waals surface area contributed by atoms with Gasteiger partial charge in [-0.15, -0.1) is 0 Å². The quantitative estimate of drug-likeness (QED) is 0.734. The van der Waals surface area contributed by atoms with Crippen LogP contribution in [0.3, 0.4) is 0 Å². The van der Waals surface area contributed by atoms with E-state index in [1.807, 2.05) is 19.1 Å². The molecule has 0 bridgehead atoms. The Labute approximate surface area is 139 Å². The molecule has 1 N–H and O–H groups in total. The Morgan fingerprint density at radius 3 is 2.57 bits per heavy atom. The number of rotatable bonds is 5. The smallest absolute Gasteiger partial charge is 0.142 e. The second-order valence-electron chi connectivity index (χ2n) is 4.69. The molecule has 0 fully saturated rings. The summed E-state index contributed by atoms with van der Waals surface area (Å²) in [5, 5.41) is 4.65. The van der Waals surface area contributed by atoms with Gasteiger partial charge in [0.15, 0.2) is 0 Å². The van der Waals surface area contributed by atoms with Crippen LogP contribution in [0.1, 0.15) is 24.1 Å². The molecule has 21 heavy (non-hydrogen) atoms. The number of likely N-dealkylation sites (N-methyl/N-ethyl adjacent to an activating group) is 1.